The Bertz CT molecular complexity index is 1240. The molecule has 2 saturated carbocycles. The van der Waals surface area contributed by atoms with Crippen LogP contribution in [0.1, 0.15) is 30.7 Å². The molecule has 2 bridgehead atoms. The van der Waals surface area contributed by atoms with Crippen LogP contribution < -0.4 is 4.74 Å². The van der Waals surface area contributed by atoms with Gasteiger partial charge in [0.2, 0.25) is 5.91 Å². The average molecular weight is 439 g/mol. The number of benzene rings is 2. The maximum Gasteiger partial charge on any atom is 0.226 e. The summed E-state index contributed by atoms with van der Waals surface area (Å²) in [5.74, 6) is -0.901. The number of hydrogen-bond donors (Lipinski definition) is 1. The topological polar surface area (TPSA) is 67.6 Å². The fourth-order valence-corrected chi connectivity index (χ4v) is 5.49. The van der Waals surface area contributed by atoms with Crippen molar-refractivity contribution in [1.82, 2.24) is 14.7 Å². The number of carbonyl (C=O) groups excluding carboxylic acids is 1. The molecule has 5 atom stereocenters. The van der Waals surface area contributed by atoms with Gasteiger partial charge in [0.15, 0.2) is 11.6 Å². The fourth-order valence-electron chi connectivity index (χ4n) is 5.49. The van der Waals surface area contributed by atoms with E-state index in [1.165, 1.54) is 6.07 Å². The fraction of sp³-hybridized carbons (Fsp3) is 0.417. The predicted molar refractivity (Wildman–Crippen MR) is 112 cm³/mol. The highest BCUT2D eigenvalue weighted by atomic mass is 19.2. The van der Waals surface area contributed by atoms with E-state index >= 15 is 0 Å². The molecule has 1 amide bonds. The highest BCUT2D eigenvalue weighted by Crippen LogP contribution is 2.52. The zero-order valence-electron chi connectivity index (χ0n) is 17.5. The van der Waals surface area contributed by atoms with Crippen molar-refractivity contribution in [2.24, 2.45) is 18.9 Å². The van der Waals surface area contributed by atoms with E-state index in [0.717, 1.165) is 41.4 Å². The molecular weight excluding hydrogens is 416 g/mol. The highest BCUT2D eigenvalue weighted by molar-refractivity contribution is 5.88. The molecule has 6 nitrogen and oxygen atoms in total. The summed E-state index contributed by atoms with van der Waals surface area (Å²) >= 11 is 0. The third-order valence-corrected chi connectivity index (χ3v) is 7.15. The van der Waals surface area contributed by atoms with Crippen molar-refractivity contribution in [1.29, 1.82) is 0 Å². The van der Waals surface area contributed by atoms with E-state index in [0.29, 0.717) is 18.7 Å². The molecule has 6 rings (SSSR count). The van der Waals surface area contributed by atoms with E-state index in [-0.39, 0.29) is 41.6 Å². The van der Waals surface area contributed by atoms with Gasteiger partial charge in [0.1, 0.15) is 11.5 Å². The first-order valence-electron chi connectivity index (χ1n) is 11.0. The maximum absolute atomic E-state index is 13.6. The van der Waals surface area contributed by atoms with Gasteiger partial charge >= 0.3 is 0 Å². The smallest absolute Gasteiger partial charge is 0.226 e. The summed E-state index contributed by atoms with van der Waals surface area (Å²) in [5.41, 5.74) is 1.76. The molecule has 3 aliphatic rings. The molecule has 3 fully saturated rings. The molecule has 4 unspecified atom stereocenters. The number of aromatic nitrogens is 2. The number of carbonyl (C=O) groups is 1. The summed E-state index contributed by atoms with van der Waals surface area (Å²) < 4.78 is 34.4. The number of nitrogens with zero attached hydrogens (tertiary/aromatic N) is 3. The number of ether oxygens (including phenoxy) is 1. The van der Waals surface area contributed by atoms with Crippen molar-refractivity contribution >= 4 is 16.8 Å². The van der Waals surface area contributed by atoms with Crippen LogP contribution >= 0.6 is 0 Å². The van der Waals surface area contributed by atoms with Gasteiger partial charge in [0.05, 0.1) is 11.6 Å². The Morgan fingerprint density at radius 2 is 1.97 bits per heavy atom. The number of likely N-dealkylation sites (tertiary alicyclic amines) is 1. The van der Waals surface area contributed by atoms with Gasteiger partial charge in [-0.1, -0.05) is 0 Å². The second kappa shape index (κ2) is 7.00. The first-order chi connectivity index (χ1) is 15.4. The second-order valence-corrected chi connectivity index (χ2v) is 9.32. The van der Waals surface area contributed by atoms with Gasteiger partial charge in [0.25, 0.3) is 0 Å². The van der Waals surface area contributed by atoms with E-state index in [1.54, 1.807) is 4.68 Å². The maximum atomic E-state index is 13.6. The SMILES string of the molecule is Cn1cc2cc(Oc3ccc(F)c(F)c3)cc(C3C[C@H]3C(=O)N3CC4CC3CC4O)c2n1. The number of amides is 1. The number of aliphatic hydroxyl groups is 1. The number of aliphatic hydroxyl groups excluding tert-OH is 1. The highest BCUT2D eigenvalue weighted by Gasteiger charge is 2.52. The summed E-state index contributed by atoms with van der Waals surface area (Å²) in [5, 5.41) is 15.4. The molecule has 3 aromatic rings. The Morgan fingerprint density at radius 3 is 2.69 bits per heavy atom. The molecule has 32 heavy (non-hydrogen) atoms. The molecular formula is C24H23F2N3O3. The Labute approximate surface area is 183 Å². The minimum atomic E-state index is -0.969. The van der Waals surface area contributed by atoms with Crippen LogP contribution in [0.25, 0.3) is 10.9 Å². The molecule has 8 heteroatoms. The lowest BCUT2D eigenvalue weighted by Gasteiger charge is -2.29. The van der Waals surface area contributed by atoms with E-state index in [2.05, 4.69) is 5.10 Å². The van der Waals surface area contributed by atoms with Crippen LogP contribution in [0.15, 0.2) is 36.5 Å². The van der Waals surface area contributed by atoms with Crippen molar-refractivity contribution in [3.63, 3.8) is 0 Å². The molecule has 2 aromatic carbocycles. The molecule has 0 spiro atoms. The van der Waals surface area contributed by atoms with Gasteiger partial charge in [-0.2, -0.15) is 5.10 Å². The predicted octanol–water partition coefficient (Wildman–Crippen LogP) is 3.73. The van der Waals surface area contributed by atoms with Crippen LogP contribution in [0.3, 0.4) is 0 Å². The minimum Gasteiger partial charge on any atom is -0.457 e. The molecule has 1 aliphatic heterocycles. The number of halogens is 2. The minimum absolute atomic E-state index is 0.0393. The van der Waals surface area contributed by atoms with Crippen molar-refractivity contribution in [3.8, 4) is 11.5 Å². The lowest BCUT2D eigenvalue weighted by Crippen LogP contribution is -2.42. The lowest BCUT2D eigenvalue weighted by molar-refractivity contribution is -0.135. The van der Waals surface area contributed by atoms with Gasteiger partial charge in [-0.05, 0) is 55.0 Å². The molecule has 2 heterocycles. The molecule has 166 valence electrons. The summed E-state index contributed by atoms with van der Waals surface area (Å²) in [6.07, 6.45) is 3.91. The van der Waals surface area contributed by atoms with Crippen LogP contribution in [0.4, 0.5) is 8.78 Å². The molecule has 2 aliphatic carbocycles. The van der Waals surface area contributed by atoms with Crippen LogP contribution in [0.5, 0.6) is 11.5 Å². The Morgan fingerprint density at radius 1 is 1.12 bits per heavy atom. The van der Waals surface area contributed by atoms with Gasteiger partial charge in [0, 0.05) is 49.1 Å². The third kappa shape index (κ3) is 3.16. The summed E-state index contributed by atoms with van der Waals surface area (Å²) in [7, 11) is 1.83. The normalized spacial score (nSPS) is 28.5. The first kappa shape index (κ1) is 19.7. The van der Waals surface area contributed by atoms with Crippen LogP contribution in [-0.4, -0.2) is 44.4 Å². The van der Waals surface area contributed by atoms with E-state index in [1.807, 2.05) is 30.3 Å². The number of hydrogen-bond acceptors (Lipinski definition) is 4. The van der Waals surface area contributed by atoms with E-state index < -0.39 is 11.6 Å². The average Bonchev–Trinajstić information content (AvgIpc) is 3.09. The van der Waals surface area contributed by atoms with Crippen molar-refractivity contribution in [2.45, 2.75) is 37.3 Å². The Hall–Kier alpha value is -3.00. The monoisotopic (exact) mass is 439 g/mol. The summed E-state index contributed by atoms with van der Waals surface area (Å²) in [4.78, 5) is 15.1. The van der Waals surface area contributed by atoms with Gasteiger partial charge in [-0.25, -0.2) is 8.78 Å². The zero-order valence-corrected chi connectivity index (χ0v) is 17.5. The van der Waals surface area contributed by atoms with Crippen molar-refractivity contribution in [3.05, 3.63) is 53.7 Å². The zero-order chi connectivity index (χ0) is 22.1. The first-order valence-corrected chi connectivity index (χ1v) is 11.0. The molecule has 0 radical (unpaired) electrons. The lowest BCUT2D eigenvalue weighted by atomic mass is 10.0. The van der Waals surface area contributed by atoms with Crippen LogP contribution in [0, 0.1) is 23.5 Å². The summed E-state index contributed by atoms with van der Waals surface area (Å²) in [6.45, 7) is 0.645. The van der Waals surface area contributed by atoms with Gasteiger partial charge in [-0.3, -0.25) is 9.48 Å². The third-order valence-electron chi connectivity index (χ3n) is 7.15. The number of fused-ring (bicyclic) bond motifs is 3. The number of aryl methyl sites for hydroxylation is 1. The number of piperidine rings is 1. The molecule has 1 aromatic heterocycles. The van der Waals surface area contributed by atoms with Crippen LogP contribution in [0.2, 0.25) is 0 Å². The number of rotatable bonds is 4. The summed E-state index contributed by atoms with van der Waals surface area (Å²) in [6, 6.07) is 7.25. The Balaban J connectivity index is 1.28. The van der Waals surface area contributed by atoms with Crippen molar-refractivity contribution < 1.29 is 23.4 Å². The Kier molecular flexibility index (Phi) is 4.30. The van der Waals surface area contributed by atoms with E-state index in [4.69, 9.17) is 4.74 Å². The van der Waals surface area contributed by atoms with Crippen LogP contribution in [-0.2, 0) is 11.8 Å². The quantitative estimate of drug-likeness (QED) is 0.673. The van der Waals surface area contributed by atoms with E-state index in [9.17, 15) is 18.7 Å². The van der Waals surface area contributed by atoms with Gasteiger partial charge < -0.3 is 14.7 Å². The largest absolute Gasteiger partial charge is 0.457 e. The second-order valence-electron chi connectivity index (χ2n) is 9.32. The standard InChI is InChI=1S/C24H23F2N3O3/c1-28-10-13-5-16(32-15-2-3-20(25)21(26)8-15)7-18(23(13)27-28)17-9-19(17)24(31)29-11-12-4-14(29)6-22(12)30/h2-3,5,7-8,10,12,14,17,19,22,30H,4,6,9,11H2,1H3/t12?,14?,17?,19-,22?/m1/s1. The van der Waals surface area contributed by atoms with Crippen molar-refractivity contribution in [2.75, 3.05) is 6.54 Å². The molecule has 1 N–H and O–H groups in total. The van der Waals surface area contributed by atoms with Gasteiger partial charge in [-0.15, -0.1) is 0 Å². The molecule has 1 saturated heterocycles.